The number of para-hydroxylation sites is 1. The standard InChI is InChI=1S/C20H18N4OS/c1-2-13-6-8-14(9-7-13)12-21-20(25)16-5-3-4-15-18(16)23-24-19(15)17-10-11-22-26-17/h3-11H,2,12H2,1H3,(H,21,25)(H,23,24). The number of nitrogens with zero attached hydrogens (tertiary/aromatic N) is 2. The van der Waals surface area contributed by atoms with E-state index < -0.39 is 0 Å². The van der Waals surface area contributed by atoms with Gasteiger partial charge in [-0.3, -0.25) is 9.89 Å². The van der Waals surface area contributed by atoms with Crippen molar-refractivity contribution < 1.29 is 4.79 Å². The zero-order valence-corrected chi connectivity index (χ0v) is 15.1. The first-order valence-electron chi connectivity index (χ1n) is 8.50. The predicted molar refractivity (Wildman–Crippen MR) is 104 cm³/mol. The fourth-order valence-corrected chi connectivity index (χ4v) is 3.53. The summed E-state index contributed by atoms with van der Waals surface area (Å²) in [7, 11) is 0. The van der Waals surface area contributed by atoms with Crippen molar-refractivity contribution >= 4 is 28.3 Å². The fourth-order valence-electron chi connectivity index (χ4n) is 2.92. The monoisotopic (exact) mass is 362 g/mol. The second-order valence-corrected chi connectivity index (χ2v) is 6.86. The van der Waals surface area contributed by atoms with Gasteiger partial charge in [0, 0.05) is 18.1 Å². The van der Waals surface area contributed by atoms with E-state index in [1.165, 1.54) is 17.1 Å². The summed E-state index contributed by atoms with van der Waals surface area (Å²) in [5.41, 5.74) is 4.51. The lowest BCUT2D eigenvalue weighted by Gasteiger charge is -2.07. The Morgan fingerprint density at radius 3 is 2.65 bits per heavy atom. The van der Waals surface area contributed by atoms with Gasteiger partial charge in [0.05, 0.1) is 16.1 Å². The van der Waals surface area contributed by atoms with E-state index in [0.29, 0.717) is 17.6 Å². The quantitative estimate of drug-likeness (QED) is 0.559. The third-order valence-electron chi connectivity index (χ3n) is 4.40. The van der Waals surface area contributed by atoms with Crippen LogP contribution in [0.3, 0.4) is 0 Å². The van der Waals surface area contributed by atoms with Crippen LogP contribution in [0, 0.1) is 0 Å². The largest absolute Gasteiger partial charge is 0.348 e. The molecule has 6 heteroatoms. The maximum Gasteiger partial charge on any atom is 0.253 e. The number of aromatic amines is 1. The van der Waals surface area contributed by atoms with Gasteiger partial charge in [-0.15, -0.1) is 0 Å². The second kappa shape index (κ2) is 7.09. The number of aromatic nitrogens is 3. The molecular weight excluding hydrogens is 344 g/mol. The van der Waals surface area contributed by atoms with Gasteiger partial charge in [0.15, 0.2) is 0 Å². The Kier molecular flexibility index (Phi) is 4.50. The van der Waals surface area contributed by atoms with Crippen LogP contribution in [-0.4, -0.2) is 20.5 Å². The van der Waals surface area contributed by atoms with Crippen LogP contribution in [0.2, 0.25) is 0 Å². The molecule has 0 aliphatic heterocycles. The molecule has 2 heterocycles. The van der Waals surface area contributed by atoms with Crippen LogP contribution >= 0.6 is 11.5 Å². The minimum atomic E-state index is -0.127. The molecule has 0 atom stereocenters. The first kappa shape index (κ1) is 16.5. The zero-order chi connectivity index (χ0) is 17.9. The zero-order valence-electron chi connectivity index (χ0n) is 14.3. The lowest BCUT2D eigenvalue weighted by atomic mass is 10.1. The van der Waals surface area contributed by atoms with Gasteiger partial charge in [-0.2, -0.15) is 5.10 Å². The van der Waals surface area contributed by atoms with E-state index in [1.807, 2.05) is 18.2 Å². The van der Waals surface area contributed by atoms with Crippen LogP contribution in [0.1, 0.15) is 28.4 Å². The SMILES string of the molecule is CCc1ccc(CNC(=O)c2cccc3c(-c4ccns4)[nH]nc23)cc1. The minimum Gasteiger partial charge on any atom is -0.348 e. The van der Waals surface area contributed by atoms with E-state index in [4.69, 9.17) is 0 Å². The lowest BCUT2D eigenvalue weighted by molar-refractivity contribution is 0.0952. The number of carbonyl (C=O) groups excluding carboxylic acids is 1. The molecule has 0 fully saturated rings. The average molecular weight is 362 g/mol. The van der Waals surface area contributed by atoms with Crippen LogP contribution in [0.4, 0.5) is 0 Å². The molecule has 1 amide bonds. The molecule has 4 aromatic rings. The molecule has 0 aliphatic carbocycles. The Morgan fingerprint density at radius 1 is 1.12 bits per heavy atom. The Balaban J connectivity index is 1.57. The van der Waals surface area contributed by atoms with Gasteiger partial charge in [0.1, 0.15) is 5.52 Å². The van der Waals surface area contributed by atoms with Gasteiger partial charge in [0.2, 0.25) is 0 Å². The third kappa shape index (κ3) is 3.11. The molecule has 0 radical (unpaired) electrons. The number of fused-ring (bicyclic) bond motifs is 1. The maximum absolute atomic E-state index is 12.7. The minimum absolute atomic E-state index is 0.127. The van der Waals surface area contributed by atoms with E-state index in [2.05, 4.69) is 51.1 Å². The summed E-state index contributed by atoms with van der Waals surface area (Å²) in [4.78, 5) is 13.7. The number of benzene rings is 2. The Hall–Kier alpha value is -2.99. The molecular formula is C20H18N4OS. The van der Waals surface area contributed by atoms with E-state index >= 15 is 0 Å². The van der Waals surface area contributed by atoms with Crippen LogP contribution < -0.4 is 5.32 Å². The Morgan fingerprint density at radius 2 is 1.92 bits per heavy atom. The summed E-state index contributed by atoms with van der Waals surface area (Å²) in [6.45, 7) is 2.62. The van der Waals surface area contributed by atoms with Crippen molar-refractivity contribution in [2.75, 3.05) is 0 Å². The molecule has 0 saturated heterocycles. The number of H-pyrrole nitrogens is 1. The van der Waals surface area contributed by atoms with E-state index in [9.17, 15) is 4.79 Å². The molecule has 2 aromatic heterocycles. The number of carbonyl (C=O) groups is 1. The van der Waals surface area contributed by atoms with E-state index in [0.717, 1.165) is 27.9 Å². The van der Waals surface area contributed by atoms with Crippen LogP contribution in [0.25, 0.3) is 21.5 Å². The predicted octanol–water partition coefficient (Wildman–Crippen LogP) is 4.18. The third-order valence-corrected chi connectivity index (χ3v) is 5.16. The molecule has 5 nitrogen and oxygen atoms in total. The summed E-state index contributed by atoms with van der Waals surface area (Å²) >= 11 is 1.40. The van der Waals surface area contributed by atoms with Crippen LogP contribution in [0.5, 0.6) is 0 Å². The van der Waals surface area contributed by atoms with E-state index in [1.54, 1.807) is 12.3 Å². The average Bonchev–Trinajstić information content (AvgIpc) is 3.35. The Bertz CT molecular complexity index is 1040. The molecule has 26 heavy (non-hydrogen) atoms. The van der Waals surface area contributed by atoms with Crippen molar-refractivity contribution in [2.45, 2.75) is 19.9 Å². The highest BCUT2D eigenvalue weighted by Crippen LogP contribution is 2.29. The van der Waals surface area contributed by atoms with Crippen molar-refractivity contribution in [3.63, 3.8) is 0 Å². The highest BCUT2D eigenvalue weighted by atomic mass is 32.1. The molecule has 2 N–H and O–H groups in total. The molecule has 2 aromatic carbocycles. The summed E-state index contributed by atoms with van der Waals surface area (Å²) in [6, 6.07) is 15.9. The maximum atomic E-state index is 12.7. The fraction of sp³-hybridized carbons (Fsp3) is 0.150. The molecule has 0 saturated carbocycles. The van der Waals surface area contributed by atoms with Gasteiger partial charge in [-0.05, 0) is 41.2 Å². The number of rotatable bonds is 5. The summed E-state index contributed by atoms with van der Waals surface area (Å²) in [5, 5.41) is 11.3. The van der Waals surface area contributed by atoms with Gasteiger partial charge < -0.3 is 5.32 Å². The number of hydrogen-bond donors (Lipinski definition) is 2. The van der Waals surface area contributed by atoms with Crippen molar-refractivity contribution in [1.29, 1.82) is 0 Å². The molecule has 4 rings (SSSR count). The summed E-state index contributed by atoms with van der Waals surface area (Å²) in [5.74, 6) is -0.127. The van der Waals surface area contributed by atoms with Gasteiger partial charge >= 0.3 is 0 Å². The van der Waals surface area contributed by atoms with Crippen molar-refractivity contribution in [2.24, 2.45) is 0 Å². The number of nitrogens with one attached hydrogen (secondary N) is 2. The van der Waals surface area contributed by atoms with Gasteiger partial charge in [-0.25, -0.2) is 4.37 Å². The normalized spacial score (nSPS) is 11.0. The lowest BCUT2D eigenvalue weighted by Crippen LogP contribution is -2.23. The van der Waals surface area contributed by atoms with Gasteiger partial charge in [-0.1, -0.05) is 43.3 Å². The van der Waals surface area contributed by atoms with Crippen molar-refractivity contribution in [3.8, 4) is 10.6 Å². The summed E-state index contributed by atoms with van der Waals surface area (Å²) < 4.78 is 4.13. The first-order valence-corrected chi connectivity index (χ1v) is 9.27. The first-order chi connectivity index (χ1) is 12.8. The number of aryl methyl sites for hydroxylation is 1. The van der Waals surface area contributed by atoms with Crippen LogP contribution in [0.15, 0.2) is 54.7 Å². The molecule has 0 spiro atoms. The summed E-state index contributed by atoms with van der Waals surface area (Å²) in [6.07, 6.45) is 2.77. The van der Waals surface area contributed by atoms with Crippen molar-refractivity contribution in [3.05, 3.63) is 71.4 Å². The molecule has 0 aliphatic rings. The molecule has 130 valence electrons. The van der Waals surface area contributed by atoms with Crippen LogP contribution in [-0.2, 0) is 13.0 Å². The molecule has 0 unspecified atom stereocenters. The van der Waals surface area contributed by atoms with E-state index in [-0.39, 0.29) is 5.91 Å². The number of amides is 1. The van der Waals surface area contributed by atoms with Gasteiger partial charge in [0.25, 0.3) is 5.91 Å². The van der Waals surface area contributed by atoms with Crippen molar-refractivity contribution in [1.82, 2.24) is 19.9 Å². The highest BCUT2D eigenvalue weighted by Gasteiger charge is 2.16. The highest BCUT2D eigenvalue weighted by molar-refractivity contribution is 7.09. The molecule has 0 bridgehead atoms. The second-order valence-electron chi connectivity index (χ2n) is 6.03. The smallest absolute Gasteiger partial charge is 0.253 e. The topological polar surface area (TPSA) is 70.7 Å². The number of hydrogen-bond acceptors (Lipinski definition) is 4. The Labute approximate surface area is 155 Å².